The zero-order chi connectivity index (χ0) is 8.72. The smallest absolute Gasteiger partial charge is 0.396 e. The van der Waals surface area contributed by atoms with Crippen LogP contribution in [0, 0.1) is 0 Å². The van der Waals surface area contributed by atoms with Crippen LogP contribution < -0.4 is 4.94 Å². The molecule has 1 N–H and O–H groups in total. The predicted octanol–water partition coefficient (Wildman–Crippen LogP) is 2.21. The van der Waals surface area contributed by atoms with Crippen molar-refractivity contribution in [2.45, 2.75) is 0 Å². The predicted molar refractivity (Wildman–Crippen MR) is 47.0 cm³/mol. The largest absolute Gasteiger partial charge is 0.506 e. The highest BCUT2D eigenvalue weighted by Crippen LogP contribution is 2.33. The molecule has 0 aliphatic heterocycles. The maximum absolute atomic E-state index is 10.8. The highest BCUT2D eigenvalue weighted by molar-refractivity contribution is 7.16. The van der Waals surface area contributed by atoms with Crippen molar-refractivity contribution in [2.24, 2.45) is 0 Å². The van der Waals surface area contributed by atoms with E-state index in [1.165, 1.54) is 12.1 Å². The first-order valence-electron chi connectivity index (χ1n) is 3.09. The van der Waals surface area contributed by atoms with E-state index in [2.05, 4.69) is 0 Å². The Hall–Kier alpha value is -1.000. The fraction of sp³-hybridized carbons (Fsp3) is 0. The summed E-state index contributed by atoms with van der Waals surface area (Å²) in [6, 6.07) is 2.90. The summed E-state index contributed by atoms with van der Waals surface area (Å²) >= 11 is 6.58. The molecule has 0 unspecified atom stereocenters. The van der Waals surface area contributed by atoms with Crippen LogP contribution >= 0.6 is 22.9 Å². The summed E-state index contributed by atoms with van der Waals surface area (Å²) in [5.41, 5.74) is 0.410. The quantitative estimate of drug-likeness (QED) is 0.713. The Morgan fingerprint density at radius 2 is 2.25 bits per heavy atom. The number of phenolic OH excluding ortho intramolecular Hbond substituents is 1. The first-order chi connectivity index (χ1) is 5.68. The fourth-order valence-corrected chi connectivity index (χ4v) is 1.87. The average Bonchev–Trinajstić information content (AvgIpc) is 2.39. The van der Waals surface area contributed by atoms with Gasteiger partial charge in [-0.1, -0.05) is 11.6 Å². The van der Waals surface area contributed by atoms with Crippen LogP contribution in [0.4, 0.5) is 0 Å². The molecule has 0 aliphatic carbocycles. The number of hydrogen-bond donors (Lipinski definition) is 1. The van der Waals surface area contributed by atoms with Crippen LogP contribution in [0.25, 0.3) is 10.3 Å². The minimum atomic E-state index is -0.419. The summed E-state index contributed by atoms with van der Waals surface area (Å²) in [5, 5.41) is 9.33. The van der Waals surface area contributed by atoms with E-state index in [9.17, 15) is 4.79 Å². The second-order valence-corrected chi connectivity index (χ2v) is 3.50. The summed E-state index contributed by atoms with van der Waals surface area (Å²) in [7, 11) is 0. The maximum atomic E-state index is 10.8. The number of fused-ring (bicyclic) bond motifs is 1. The van der Waals surface area contributed by atoms with Crippen molar-refractivity contribution >= 4 is 33.2 Å². The summed E-state index contributed by atoms with van der Waals surface area (Å²) in [4.78, 5) is 10.3. The van der Waals surface area contributed by atoms with Crippen molar-refractivity contribution in [1.82, 2.24) is 0 Å². The SMILES string of the molecule is O=c1oc2ccc(O)c(Cl)c2s1. The monoisotopic (exact) mass is 202 g/mol. The maximum Gasteiger partial charge on any atom is 0.396 e. The lowest BCUT2D eigenvalue weighted by Gasteiger charge is -1.93. The van der Waals surface area contributed by atoms with E-state index >= 15 is 0 Å². The molecule has 0 bridgehead atoms. The van der Waals surface area contributed by atoms with Gasteiger partial charge in [0.15, 0.2) is 5.58 Å². The van der Waals surface area contributed by atoms with E-state index in [1.807, 2.05) is 0 Å². The average molecular weight is 203 g/mol. The normalized spacial score (nSPS) is 10.8. The Kier molecular flexibility index (Phi) is 1.59. The van der Waals surface area contributed by atoms with E-state index in [-0.39, 0.29) is 10.8 Å². The molecule has 2 aromatic rings. The van der Waals surface area contributed by atoms with Crippen LogP contribution in [0.15, 0.2) is 21.3 Å². The summed E-state index contributed by atoms with van der Waals surface area (Å²) in [6.07, 6.45) is 0. The van der Waals surface area contributed by atoms with Crippen molar-refractivity contribution in [3.05, 3.63) is 26.9 Å². The Morgan fingerprint density at radius 3 is 3.00 bits per heavy atom. The van der Waals surface area contributed by atoms with Gasteiger partial charge in [-0.2, -0.15) is 0 Å². The van der Waals surface area contributed by atoms with Gasteiger partial charge in [-0.25, -0.2) is 4.79 Å². The number of aromatic hydroxyl groups is 1. The second-order valence-electron chi connectivity index (χ2n) is 2.18. The molecule has 0 spiro atoms. The molecule has 0 fully saturated rings. The van der Waals surface area contributed by atoms with Crippen LogP contribution in [-0.4, -0.2) is 5.11 Å². The van der Waals surface area contributed by atoms with Crippen LogP contribution in [0.2, 0.25) is 5.02 Å². The molecular formula is C7H3ClO3S. The van der Waals surface area contributed by atoms with E-state index < -0.39 is 4.94 Å². The molecule has 0 atom stereocenters. The Balaban J connectivity index is 2.99. The molecule has 0 radical (unpaired) electrons. The molecule has 2 rings (SSSR count). The van der Waals surface area contributed by atoms with Crippen molar-refractivity contribution in [3.8, 4) is 5.75 Å². The minimum Gasteiger partial charge on any atom is -0.506 e. The lowest BCUT2D eigenvalue weighted by atomic mass is 10.3. The zero-order valence-corrected chi connectivity index (χ0v) is 7.28. The van der Waals surface area contributed by atoms with Crippen molar-refractivity contribution in [2.75, 3.05) is 0 Å². The Labute approximate surface area is 75.8 Å². The van der Waals surface area contributed by atoms with Crippen LogP contribution in [0.5, 0.6) is 5.75 Å². The Bertz CT molecular complexity index is 485. The lowest BCUT2D eigenvalue weighted by molar-refractivity contribution is 0.476. The molecule has 0 aliphatic rings. The topological polar surface area (TPSA) is 50.4 Å². The lowest BCUT2D eigenvalue weighted by Crippen LogP contribution is -1.79. The van der Waals surface area contributed by atoms with Gasteiger partial charge in [0, 0.05) is 0 Å². The van der Waals surface area contributed by atoms with Gasteiger partial charge in [-0.05, 0) is 23.5 Å². The van der Waals surface area contributed by atoms with Gasteiger partial charge in [0.05, 0.1) is 4.70 Å². The first-order valence-corrected chi connectivity index (χ1v) is 4.29. The third-order valence-electron chi connectivity index (χ3n) is 1.42. The second kappa shape index (κ2) is 2.50. The number of halogens is 1. The molecule has 5 heteroatoms. The number of rotatable bonds is 0. The standard InChI is InChI=1S/C7H3ClO3S/c8-5-3(9)1-2-4-6(5)12-7(10)11-4/h1-2,9H. The van der Waals surface area contributed by atoms with E-state index in [0.717, 1.165) is 11.3 Å². The molecular weight excluding hydrogens is 200 g/mol. The van der Waals surface area contributed by atoms with Crippen LogP contribution in [0.1, 0.15) is 0 Å². The first kappa shape index (κ1) is 7.64. The summed E-state index contributed by atoms with van der Waals surface area (Å²) < 4.78 is 5.26. The van der Waals surface area contributed by atoms with Gasteiger partial charge >= 0.3 is 4.94 Å². The molecule has 1 heterocycles. The summed E-state index contributed by atoms with van der Waals surface area (Å²) in [6.45, 7) is 0. The molecule has 12 heavy (non-hydrogen) atoms. The molecule has 1 aromatic heterocycles. The molecule has 3 nitrogen and oxygen atoms in total. The van der Waals surface area contributed by atoms with Crippen LogP contribution in [-0.2, 0) is 0 Å². The van der Waals surface area contributed by atoms with Gasteiger partial charge in [-0.15, -0.1) is 0 Å². The van der Waals surface area contributed by atoms with Gasteiger partial charge in [0.25, 0.3) is 0 Å². The minimum absolute atomic E-state index is 0.0405. The molecule has 62 valence electrons. The number of hydrogen-bond acceptors (Lipinski definition) is 4. The molecule has 0 amide bonds. The van der Waals surface area contributed by atoms with E-state index in [1.54, 1.807) is 0 Å². The van der Waals surface area contributed by atoms with Crippen molar-refractivity contribution < 1.29 is 9.52 Å². The number of phenols is 1. The fourth-order valence-electron chi connectivity index (χ4n) is 0.897. The molecule has 0 saturated heterocycles. The molecule has 1 aromatic carbocycles. The van der Waals surface area contributed by atoms with Crippen molar-refractivity contribution in [1.29, 1.82) is 0 Å². The van der Waals surface area contributed by atoms with E-state index in [4.69, 9.17) is 21.1 Å². The van der Waals surface area contributed by atoms with Gasteiger partial charge in [0.2, 0.25) is 0 Å². The van der Waals surface area contributed by atoms with Gasteiger partial charge < -0.3 is 9.52 Å². The number of benzene rings is 1. The highest BCUT2D eigenvalue weighted by atomic mass is 35.5. The Morgan fingerprint density at radius 1 is 1.50 bits per heavy atom. The zero-order valence-electron chi connectivity index (χ0n) is 5.70. The van der Waals surface area contributed by atoms with Crippen LogP contribution in [0.3, 0.4) is 0 Å². The van der Waals surface area contributed by atoms with E-state index in [0.29, 0.717) is 10.3 Å². The van der Waals surface area contributed by atoms with Gasteiger partial charge in [-0.3, -0.25) is 0 Å². The third-order valence-corrected chi connectivity index (χ3v) is 2.77. The highest BCUT2D eigenvalue weighted by Gasteiger charge is 2.09. The van der Waals surface area contributed by atoms with Gasteiger partial charge in [0.1, 0.15) is 10.8 Å². The summed E-state index contributed by atoms with van der Waals surface area (Å²) in [5.74, 6) is -0.0405. The molecule has 0 saturated carbocycles. The third kappa shape index (κ3) is 1.00. The van der Waals surface area contributed by atoms with Crippen molar-refractivity contribution in [3.63, 3.8) is 0 Å².